The van der Waals surface area contributed by atoms with Gasteiger partial charge in [0.1, 0.15) is 5.01 Å². The van der Waals surface area contributed by atoms with Crippen LogP contribution in [0, 0.1) is 6.92 Å². The van der Waals surface area contributed by atoms with Gasteiger partial charge in [0.25, 0.3) is 0 Å². The van der Waals surface area contributed by atoms with Crippen LogP contribution in [-0.4, -0.2) is 11.5 Å². The highest BCUT2D eigenvalue weighted by molar-refractivity contribution is 7.09. The van der Waals surface area contributed by atoms with Gasteiger partial charge in [0.2, 0.25) is 0 Å². The van der Waals surface area contributed by atoms with Crippen LogP contribution in [-0.2, 0) is 13.1 Å². The summed E-state index contributed by atoms with van der Waals surface area (Å²) in [6.45, 7) is 6.63. The Morgan fingerprint density at radius 1 is 1.39 bits per heavy atom. The molecule has 0 saturated carbocycles. The summed E-state index contributed by atoms with van der Waals surface area (Å²) in [5, 5.41) is 3.10. The van der Waals surface area contributed by atoms with E-state index in [1.807, 2.05) is 0 Å². The molecule has 2 N–H and O–H groups in total. The number of aryl methyl sites for hydroxylation is 1. The Morgan fingerprint density at radius 3 is 2.83 bits per heavy atom. The molecule has 1 heterocycles. The van der Waals surface area contributed by atoms with E-state index < -0.39 is 0 Å². The molecule has 0 spiro atoms. The standard InChI is InChI=1S/C14H19N3S/c1-3-17(13-6-4-5-11(2)7-13)9-12-10-18-14(8-15)16-12/h4-7,10H,3,8-9,15H2,1-2H3. The fraction of sp³-hybridized carbons (Fsp3) is 0.357. The van der Waals surface area contributed by atoms with Crippen molar-refractivity contribution < 1.29 is 0 Å². The maximum Gasteiger partial charge on any atom is 0.107 e. The zero-order valence-corrected chi connectivity index (χ0v) is 11.7. The van der Waals surface area contributed by atoms with Crippen molar-refractivity contribution in [2.24, 2.45) is 5.73 Å². The molecular weight excluding hydrogens is 242 g/mol. The van der Waals surface area contributed by atoms with Crippen molar-refractivity contribution in [2.45, 2.75) is 26.9 Å². The Hall–Kier alpha value is -1.39. The van der Waals surface area contributed by atoms with Crippen LogP contribution in [0.2, 0.25) is 0 Å². The molecule has 1 aromatic carbocycles. The summed E-state index contributed by atoms with van der Waals surface area (Å²) in [5.74, 6) is 0. The maximum absolute atomic E-state index is 5.59. The largest absolute Gasteiger partial charge is 0.366 e. The molecule has 18 heavy (non-hydrogen) atoms. The Morgan fingerprint density at radius 2 is 2.22 bits per heavy atom. The first-order valence-electron chi connectivity index (χ1n) is 6.18. The van der Waals surface area contributed by atoms with Crippen molar-refractivity contribution in [1.82, 2.24) is 4.98 Å². The summed E-state index contributed by atoms with van der Waals surface area (Å²) in [6, 6.07) is 8.57. The number of aromatic nitrogens is 1. The van der Waals surface area contributed by atoms with Gasteiger partial charge in [0, 0.05) is 24.2 Å². The fourth-order valence-corrected chi connectivity index (χ4v) is 2.59. The molecule has 0 saturated heterocycles. The minimum absolute atomic E-state index is 0.529. The third-order valence-corrected chi connectivity index (χ3v) is 3.80. The average molecular weight is 261 g/mol. The summed E-state index contributed by atoms with van der Waals surface area (Å²) in [5.41, 5.74) is 9.23. The van der Waals surface area contributed by atoms with Crippen LogP contribution in [0.4, 0.5) is 5.69 Å². The Kier molecular flexibility index (Phi) is 4.33. The van der Waals surface area contributed by atoms with Crippen LogP contribution in [0.15, 0.2) is 29.6 Å². The predicted octanol–water partition coefficient (Wildman–Crippen LogP) is 2.94. The minimum atomic E-state index is 0.529. The highest BCUT2D eigenvalue weighted by Gasteiger charge is 2.08. The Bertz CT molecular complexity index is 507. The molecule has 4 heteroatoms. The second-order valence-electron chi connectivity index (χ2n) is 4.29. The van der Waals surface area contributed by atoms with Crippen molar-refractivity contribution in [1.29, 1.82) is 0 Å². The normalized spacial score (nSPS) is 10.6. The van der Waals surface area contributed by atoms with Gasteiger partial charge in [-0.3, -0.25) is 0 Å². The maximum atomic E-state index is 5.59. The summed E-state index contributed by atoms with van der Waals surface area (Å²) in [7, 11) is 0. The van der Waals surface area contributed by atoms with Gasteiger partial charge in [-0.15, -0.1) is 11.3 Å². The van der Waals surface area contributed by atoms with Gasteiger partial charge in [0.15, 0.2) is 0 Å². The van der Waals surface area contributed by atoms with Gasteiger partial charge < -0.3 is 10.6 Å². The van der Waals surface area contributed by atoms with Crippen LogP contribution in [0.1, 0.15) is 23.2 Å². The van der Waals surface area contributed by atoms with Crippen LogP contribution in [0.3, 0.4) is 0 Å². The molecule has 2 aromatic rings. The first kappa shape index (κ1) is 13.1. The second-order valence-corrected chi connectivity index (χ2v) is 5.23. The molecule has 0 bridgehead atoms. The fourth-order valence-electron chi connectivity index (χ4n) is 1.92. The molecule has 1 aromatic heterocycles. The molecule has 0 atom stereocenters. The van der Waals surface area contributed by atoms with E-state index in [0.717, 1.165) is 23.8 Å². The number of hydrogen-bond donors (Lipinski definition) is 1. The van der Waals surface area contributed by atoms with Crippen molar-refractivity contribution in [2.75, 3.05) is 11.4 Å². The van der Waals surface area contributed by atoms with E-state index in [0.29, 0.717) is 6.54 Å². The number of hydrogen-bond acceptors (Lipinski definition) is 4. The van der Waals surface area contributed by atoms with Crippen LogP contribution in [0.5, 0.6) is 0 Å². The van der Waals surface area contributed by atoms with Crippen molar-refractivity contribution in [3.8, 4) is 0 Å². The van der Waals surface area contributed by atoms with Crippen molar-refractivity contribution >= 4 is 17.0 Å². The quantitative estimate of drug-likeness (QED) is 0.900. The molecule has 0 aliphatic rings. The number of rotatable bonds is 5. The third kappa shape index (κ3) is 3.09. The van der Waals surface area contributed by atoms with Gasteiger partial charge in [0.05, 0.1) is 12.2 Å². The summed E-state index contributed by atoms with van der Waals surface area (Å²) in [4.78, 5) is 6.84. The summed E-state index contributed by atoms with van der Waals surface area (Å²) in [6.07, 6.45) is 0. The lowest BCUT2D eigenvalue weighted by Crippen LogP contribution is -2.22. The first-order chi connectivity index (χ1) is 8.72. The average Bonchev–Trinajstić information content (AvgIpc) is 2.83. The van der Waals surface area contributed by atoms with E-state index >= 15 is 0 Å². The zero-order chi connectivity index (χ0) is 13.0. The van der Waals surface area contributed by atoms with E-state index in [4.69, 9.17) is 5.73 Å². The minimum Gasteiger partial charge on any atom is -0.366 e. The first-order valence-corrected chi connectivity index (χ1v) is 7.06. The lowest BCUT2D eigenvalue weighted by Gasteiger charge is -2.22. The van der Waals surface area contributed by atoms with Gasteiger partial charge in [-0.2, -0.15) is 0 Å². The smallest absolute Gasteiger partial charge is 0.107 e. The molecule has 0 fully saturated rings. The highest BCUT2D eigenvalue weighted by atomic mass is 32.1. The van der Waals surface area contributed by atoms with Gasteiger partial charge in [-0.05, 0) is 31.5 Å². The third-order valence-electron chi connectivity index (χ3n) is 2.88. The lowest BCUT2D eigenvalue weighted by atomic mass is 10.2. The van der Waals surface area contributed by atoms with Crippen molar-refractivity contribution in [3.63, 3.8) is 0 Å². The Labute approximate surface area is 112 Å². The molecule has 3 nitrogen and oxygen atoms in total. The van der Waals surface area contributed by atoms with Crippen LogP contribution < -0.4 is 10.6 Å². The number of anilines is 1. The molecule has 0 amide bonds. The van der Waals surface area contributed by atoms with E-state index in [-0.39, 0.29) is 0 Å². The molecule has 0 aliphatic heterocycles. The van der Waals surface area contributed by atoms with Crippen molar-refractivity contribution in [3.05, 3.63) is 45.9 Å². The van der Waals surface area contributed by atoms with Gasteiger partial charge in [-0.1, -0.05) is 12.1 Å². The molecular formula is C14H19N3S. The van der Waals surface area contributed by atoms with Gasteiger partial charge in [-0.25, -0.2) is 4.98 Å². The number of thiazole rings is 1. The van der Waals surface area contributed by atoms with E-state index in [1.54, 1.807) is 11.3 Å². The number of nitrogens with zero attached hydrogens (tertiary/aromatic N) is 2. The molecule has 96 valence electrons. The summed E-state index contributed by atoms with van der Waals surface area (Å²) >= 11 is 1.64. The van der Waals surface area contributed by atoms with E-state index in [2.05, 4.69) is 53.4 Å². The number of nitrogens with two attached hydrogens (primary N) is 1. The van der Waals surface area contributed by atoms with E-state index in [1.165, 1.54) is 11.3 Å². The summed E-state index contributed by atoms with van der Waals surface area (Å²) < 4.78 is 0. The second kappa shape index (κ2) is 5.98. The topological polar surface area (TPSA) is 42.1 Å². The zero-order valence-electron chi connectivity index (χ0n) is 10.9. The van der Waals surface area contributed by atoms with Gasteiger partial charge >= 0.3 is 0 Å². The molecule has 2 rings (SSSR count). The lowest BCUT2D eigenvalue weighted by molar-refractivity contribution is 0.809. The SMILES string of the molecule is CCN(Cc1csc(CN)n1)c1cccc(C)c1. The monoisotopic (exact) mass is 261 g/mol. The molecule has 0 unspecified atom stereocenters. The molecule has 0 radical (unpaired) electrons. The van der Waals surface area contributed by atoms with Crippen LogP contribution >= 0.6 is 11.3 Å². The predicted molar refractivity (Wildman–Crippen MR) is 77.9 cm³/mol. The van der Waals surface area contributed by atoms with Crippen LogP contribution in [0.25, 0.3) is 0 Å². The van der Waals surface area contributed by atoms with E-state index in [9.17, 15) is 0 Å². The Balaban J connectivity index is 2.14. The molecule has 0 aliphatic carbocycles. The highest BCUT2D eigenvalue weighted by Crippen LogP contribution is 2.19. The number of benzene rings is 1.